The predicted octanol–water partition coefficient (Wildman–Crippen LogP) is 2.17. The highest BCUT2D eigenvalue weighted by Gasteiger charge is 2.20. The average Bonchev–Trinajstić information content (AvgIpc) is 2.60. The summed E-state index contributed by atoms with van der Waals surface area (Å²) in [6, 6.07) is 4.62. The van der Waals surface area contributed by atoms with Crippen molar-refractivity contribution in [2.45, 2.75) is 18.7 Å². The summed E-state index contributed by atoms with van der Waals surface area (Å²) in [6.45, 7) is 3.45. The first-order valence-corrected chi connectivity index (χ1v) is 7.68. The van der Waals surface area contributed by atoms with Gasteiger partial charge in [0.25, 0.3) is 10.0 Å². The molecule has 0 unspecified atom stereocenters. The molecular weight excluding hydrogens is 332 g/mol. The summed E-state index contributed by atoms with van der Waals surface area (Å²) in [5, 5.41) is 6.66. The van der Waals surface area contributed by atoms with Gasteiger partial charge in [0.1, 0.15) is 4.90 Å². The summed E-state index contributed by atoms with van der Waals surface area (Å²) in [5.41, 5.74) is 7.60. The van der Waals surface area contributed by atoms with Crippen LogP contribution in [0.25, 0.3) is 0 Å². The van der Waals surface area contributed by atoms with Crippen LogP contribution in [-0.4, -0.2) is 18.6 Å². The van der Waals surface area contributed by atoms with Crippen molar-refractivity contribution in [1.29, 1.82) is 0 Å². The van der Waals surface area contributed by atoms with Crippen LogP contribution in [0.4, 0.5) is 11.4 Å². The van der Waals surface area contributed by atoms with E-state index in [1.165, 1.54) is 6.07 Å². The number of nitrogens with zero attached hydrogens (tertiary/aromatic N) is 1. The van der Waals surface area contributed by atoms with Crippen LogP contribution in [0.1, 0.15) is 11.4 Å². The molecule has 2 rings (SSSR count). The van der Waals surface area contributed by atoms with Crippen molar-refractivity contribution in [3.05, 3.63) is 34.1 Å². The number of benzene rings is 1. The van der Waals surface area contributed by atoms with Gasteiger partial charge in [-0.05, 0) is 32.0 Å². The fourth-order valence-electron chi connectivity index (χ4n) is 1.65. The SMILES string of the molecule is Cc1n[nH]c(C)c1NS(=O)(=O)c1ccc(Br)cc1N. The van der Waals surface area contributed by atoms with E-state index in [-0.39, 0.29) is 10.6 Å². The van der Waals surface area contributed by atoms with Gasteiger partial charge in [0.2, 0.25) is 0 Å². The van der Waals surface area contributed by atoms with Gasteiger partial charge in [-0.3, -0.25) is 9.82 Å². The molecule has 6 nitrogen and oxygen atoms in total. The summed E-state index contributed by atoms with van der Waals surface area (Å²) in [4.78, 5) is 0.0377. The highest BCUT2D eigenvalue weighted by molar-refractivity contribution is 9.10. The van der Waals surface area contributed by atoms with Crippen molar-refractivity contribution in [2.24, 2.45) is 0 Å². The molecule has 0 aliphatic heterocycles. The molecule has 0 bridgehead atoms. The molecule has 0 aliphatic carbocycles. The van der Waals surface area contributed by atoms with Crippen molar-refractivity contribution in [2.75, 3.05) is 10.5 Å². The maximum atomic E-state index is 12.3. The van der Waals surface area contributed by atoms with E-state index in [4.69, 9.17) is 5.73 Å². The number of nitrogens with two attached hydrogens (primary N) is 1. The van der Waals surface area contributed by atoms with Gasteiger partial charge in [-0.2, -0.15) is 5.10 Å². The minimum absolute atomic E-state index is 0.0377. The zero-order valence-corrected chi connectivity index (χ0v) is 12.8. The lowest BCUT2D eigenvalue weighted by molar-refractivity contribution is 0.601. The monoisotopic (exact) mass is 344 g/mol. The van der Waals surface area contributed by atoms with Crippen molar-refractivity contribution in [1.82, 2.24) is 10.2 Å². The molecule has 1 aromatic heterocycles. The lowest BCUT2D eigenvalue weighted by Crippen LogP contribution is -2.15. The molecule has 102 valence electrons. The maximum absolute atomic E-state index is 12.3. The molecule has 0 fully saturated rings. The molecule has 0 aliphatic rings. The summed E-state index contributed by atoms with van der Waals surface area (Å²) in [7, 11) is -3.73. The Labute approximate surface area is 119 Å². The molecule has 0 saturated carbocycles. The van der Waals surface area contributed by atoms with Crippen LogP contribution in [0.5, 0.6) is 0 Å². The number of nitrogens with one attached hydrogen (secondary N) is 2. The number of anilines is 2. The first-order chi connectivity index (χ1) is 8.81. The van der Waals surface area contributed by atoms with Crippen LogP contribution < -0.4 is 10.5 Å². The summed E-state index contributed by atoms with van der Waals surface area (Å²) < 4.78 is 27.8. The zero-order valence-electron chi connectivity index (χ0n) is 10.4. The van der Waals surface area contributed by atoms with E-state index >= 15 is 0 Å². The van der Waals surface area contributed by atoms with Crippen molar-refractivity contribution in [3.8, 4) is 0 Å². The summed E-state index contributed by atoms with van der Waals surface area (Å²) >= 11 is 3.24. The number of hydrogen-bond acceptors (Lipinski definition) is 4. The number of H-pyrrole nitrogens is 1. The second kappa shape index (κ2) is 4.86. The van der Waals surface area contributed by atoms with E-state index in [1.807, 2.05) is 0 Å². The van der Waals surface area contributed by atoms with E-state index in [2.05, 4.69) is 30.8 Å². The number of rotatable bonds is 3. The molecule has 2 aromatic rings. The van der Waals surface area contributed by atoms with Crippen molar-refractivity contribution < 1.29 is 8.42 Å². The Kier molecular flexibility index (Phi) is 3.55. The van der Waals surface area contributed by atoms with E-state index in [0.29, 0.717) is 17.1 Å². The number of hydrogen-bond donors (Lipinski definition) is 3. The normalized spacial score (nSPS) is 11.5. The molecule has 1 aromatic carbocycles. The molecule has 19 heavy (non-hydrogen) atoms. The van der Waals surface area contributed by atoms with E-state index < -0.39 is 10.0 Å². The summed E-state index contributed by atoms with van der Waals surface area (Å²) in [5.74, 6) is 0. The van der Waals surface area contributed by atoms with Gasteiger partial charge < -0.3 is 5.73 Å². The molecule has 0 atom stereocenters. The second-order valence-corrected chi connectivity index (χ2v) is 6.66. The van der Waals surface area contributed by atoms with E-state index in [9.17, 15) is 8.42 Å². The second-order valence-electron chi connectivity index (χ2n) is 4.10. The fraction of sp³-hybridized carbons (Fsp3) is 0.182. The van der Waals surface area contributed by atoms with Gasteiger partial charge >= 0.3 is 0 Å². The largest absolute Gasteiger partial charge is 0.398 e. The van der Waals surface area contributed by atoms with Gasteiger partial charge in [-0.25, -0.2) is 8.42 Å². The minimum Gasteiger partial charge on any atom is -0.398 e. The highest BCUT2D eigenvalue weighted by atomic mass is 79.9. The van der Waals surface area contributed by atoms with Gasteiger partial charge in [-0.15, -0.1) is 0 Å². The molecule has 8 heteroatoms. The standard InChI is InChI=1S/C11H13BrN4O2S/c1-6-11(7(2)15-14-6)16-19(17,18)10-4-3-8(12)5-9(10)13/h3-5,16H,13H2,1-2H3,(H,14,15). The average molecular weight is 345 g/mol. The van der Waals surface area contributed by atoms with Crippen LogP contribution >= 0.6 is 15.9 Å². The molecule has 0 saturated heterocycles. The van der Waals surface area contributed by atoms with E-state index in [1.54, 1.807) is 26.0 Å². The Morgan fingerprint density at radius 1 is 1.37 bits per heavy atom. The van der Waals surface area contributed by atoms with Gasteiger partial charge in [0.15, 0.2) is 0 Å². The Balaban J connectivity index is 2.44. The maximum Gasteiger partial charge on any atom is 0.264 e. The fourth-order valence-corrected chi connectivity index (χ4v) is 3.33. The van der Waals surface area contributed by atoms with Crippen LogP contribution in [-0.2, 0) is 10.0 Å². The Hall–Kier alpha value is -1.54. The zero-order chi connectivity index (χ0) is 14.2. The number of aromatic nitrogens is 2. The third-order valence-corrected chi connectivity index (χ3v) is 4.54. The van der Waals surface area contributed by atoms with Gasteiger partial charge in [0, 0.05) is 4.47 Å². The Morgan fingerprint density at radius 2 is 2.05 bits per heavy atom. The molecule has 0 radical (unpaired) electrons. The van der Waals surface area contributed by atoms with Crippen LogP contribution in [0.2, 0.25) is 0 Å². The first-order valence-electron chi connectivity index (χ1n) is 5.40. The quantitative estimate of drug-likeness (QED) is 0.742. The number of halogens is 1. The topological polar surface area (TPSA) is 101 Å². The predicted molar refractivity (Wildman–Crippen MR) is 77.4 cm³/mol. The van der Waals surface area contributed by atoms with E-state index in [0.717, 1.165) is 4.47 Å². The lowest BCUT2D eigenvalue weighted by Gasteiger charge is -2.10. The van der Waals surface area contributed by atoms with Crippen LogP contribution in [0.3, 0.4) is 0 Å². The molecule has 4 N–H and O–H groups in total. The van der Waals surface area contributed by atoms with Crippen molar-refractivity contribution in [3.63, 3.8) is 0 Å². The number of sulfonamides is 1. The molecule has 0 amide bonds. The number of aromatic amines is 1. The van der Waals surface area contributed by atoms with Crippen LogP contribution in [0, 0.1) is 13.8 Å². The number of aryl methyl sites for hydroxylation is 2. The minimum atomic E-state index is -3.73. The lowest BCUT2D eigenvalue weighted by atomic mass is 10.3. The molecule has 1 heterocycles. The molecular formula is C11H13BrN4O2S. The Morgan fingerprint density at radius 3 is 2.58 bits per heavy atom. The third-order valence-electron chi connectivity index (χ3n) is 2.63. The first kappa shape index (κ1) is 13.9. The Bertz CT molecular complexity index is 705. The van der Waals surface area contributed by atoms with Crippen molar-refractivity contribution >= 4 is 37.3 Å². The van der Waals surface area contributed by atoms with Gasteiger partial charge in [0.05, 0.1) is 22.8 Å². The van der Waals surface area contributed by atoms with Crippen LogP contribution in [0.15, 0.2) is 27.6 Å². The highest BCUT2D eigenvalue weighted by Crippen LogP contribution is 2.26. The smallest absolute Gasteiger partial charge is 0.264 e. The molecule has 0 spiro atoms. The summed E-state index contributed by atoms with van der Waals surface area (Å²) in [6.07, 6.45) is 0. The van der Waals surface area contributed by atoms with Gasteiger partial charge in [-0.1, -0.05) is 15.9 Å². The third kappa shape index (κ3) is 2.74. The number of nitrogen functional groups attached to an aromatic ring is 1.